The molecule has 3 unspecified atom stereocenters. The Balaban J connectivity index is 1.48. The summed E-state index contributed by atoms with van der Waals surface area (Å²) in [7, 11) is 1.60. The van der Waals surface area contributed by atoms with Gasteiger partial charge in [-0.15, -0.1) is 0 Å². The molecule has 5 N–H and O–H groups in total. The molecule has 4 rings (SSSR count). The van der Waals surface area contributed by atoms with Crippen LogP contribution in [0, 0.1) is 0 Å². The van der Waals surface area contributed by atoms with Gasteiger partial charge in [0.2, 0.25) is 0 Å². The fourth-order valence-corrected chi connectivity index (χ4v) is 3.34. The molecule has 2 aliphatic rings. The first kappa shape index (κ1) is 19.8. The molecule has 1 aromatic carbocycles. The van der Waals surface area contributed by atoms with Crippen molar-refractivity contribution in [1.82, 2.24) is 14.6 Å². The minimum atomic E-state index is -1.24. The molecular formula is C18H23N5O6. The number of nitrogens with zero attached hydrogens (tertiary/aromatic N) is 4. The SMILES string of the molecule is COc1cccc(CON2C=Nc3c(ncn3[C@@H]3O[C@H](CO)C(O)C3O)C2N)c1. The maximum Gasteiger partial charge on any atom is 0.165 e. The Morgan fingerprint density at radius 2 is 2.10 bits per heavy atom. The molecule has 0 saturated carbocycles. The van der Waals surface area contributed by atoms with Gasteiger partial charge in [-0.05, 0) is 17.7 Å². The van der Waals surface area contributed by atoms with E-state index in [2.05, 4.69) is 9.98 Å². The predicted molar refractivity (Wildman–Crippen MR) is 99.9 cm³/mol. The molecule has 2 aliphatic heterocycles. The minimum Gasteiger partial charge on any atom is -0.497 e. The summed E-state index contributed by atoms with van der Waals surface area (Å²) in [4.78, 5) is 14.3. The lowest BCUT2D eigenvalue weighted by molar-refractivity contribution is -0.136. The van der Waals surface area contributed by atoms with Gasteiger partial charge in [-0.1, -0.05) is 12.1 Å². The lowest BCUT2D eigenvalue weighted by Crippen LogP contribution is -2.36. The standard InChI is InChI=1S/C18H23N5O6/c1-27-11-4-2-3-10(5-11)7-28-23-9-21-17-13(16(23)19)20-8-22(17)18-15(26)14(25)12(6-24)29-18/h2-5,8-9,12,14-16,18,24-26H,6-7,19H2,1H3/t12-,14?,15?,16?,18-/m1/s1. The van der Waals surface area contributed by atoms with Crippen LogP contribution < -0.4 is 10.5 Å². The lowest BCUT2D eigenvalue weighted by atomic mass is 10.1. The molecule has 0 amide bonds. The second-order valence-corrected chi connectivity index (χ2v) is 6.76. The van der Waals surface area contributed by atoms with E-state index in [1.54, 1.807) is 7.11 Å². The van der Waals surface area contributed by atoms with E-state index in [1.165, 1.54) is 22.3 Å². The van der Waals surface area contributed by atoms with Crippen molar-refractivity contribution in [3.63, 3.8) is 0 Å². The number of rotatable bonds is 6. The highest BCUT2D eigenvalue weighted by atomic mass is 16.7. The molecular weight excluding hydrogens is 382 g/mol. The quantitative estimate of drug-likeness (QED) is 0.502. The fraction of sp³-hybridized carbons (Fsp3) is 0.444. The van der Waals surface area contributed by atoms with Crippen molar-refractivity contribution in [3.8, 4) is 5.75 Å². The van der Waals surface area contributed by atoms with Gasteiger partial charge in [0.1, 0.15) is 42.7 Å². The molecule has 1 saturated heterocycles. The van der Waals surface area contributed by atoms with E-state index in [9.17, 15) is 15.3 Å². The number of aromatic nitrogens is 2. The second-order valence-electron chi connectivity index (χ2n) is 6.76. The molecule has 0 spiro atoms. The largest absolute Gasteiger partial charge is 0.497 e. The number of hydrogen-bond acceptors (Lipinski definition) is 10. The van der Waals surface area contributed by atoms with E-state index < -0.39 is 37.3 Å². The van der Waals surface area contributed by atoms with Gasteiger partial charge >= 0.3 is 0 Å². The Morgan fingerprint density at radius 1 is 1.28 bits per heavy atom. The molecule has 5 atom stereocenters. The summed E-state index contributed by atoms with van der Waals surface area (Å²) in [6, 6.07) is 7.46. The van der Waals surface area contributed by atoms with E-state index >= 15 is 0 Å². The highest BCUT2D eigenvalue weighted by Crippen LogP contribution is 2.37. The van der Waals surface area contributed by atoms with Crippen LogP contribution in [-0.2, 0) is 16.2 Å². The minimum absolute atomic E-state index is 0.252. The number of ether oxygens (including phenoxy) is 2. The summed E-state index contributed by atoms with van der Waals surface area (Å²) < 4.78 is 12.2. The monoisotopic (exact) mass is 405 g/mol. The first-order valence-electron chi connectivity index (χ1n) is 9.06. The first-order chi connectivity index (χ1) is 14.0. The van der Waals surface area contributed by atoms with Crippen LogP contribution in [0.15, 0.2) is 35.6 Å². The number of hydroxylamine groups is 2. The Hall–Kier alpha value is -2.54. The van der Waals surface area contributed by atoms with Crippen LogP contribution in [0.5, 0.6) is 5.75 Å². The van der Waals surface area contributed by atoms with E-state index in [0.29, 0.717) is 11.5 Å². The molecule has 1 aromatic heterocycles. The van der Waals surface area contributed by atoms with Crippen LogP contribution in [0.2, 0.25) is 0 Å². The summed E-state index contributed by atoms with van der Waals surface area (Å²) in [5.74, 6) is 1.11. The van der Waals surface area contributed by atoms with Crippen molar-refractivity contribution >= 4 is 12.2 Å². The van der Waals surface area contributed by atoms with Gasteiger partial charge in [0, 0.05) is 0 Å². The zero-order valence-corrected chi connectivity index (χ0v) is 15.7. The van der Waals surface area contributed by atoms with Crippen LogP contribution in [0.3, 0.4) is 0 Å². The van der Waals surface area contributed by atoms with Gasteiger partial charge < -0.3 is 30.5 Å². The van der Waals surface area contributed by atoms with Crippen molar-refractivity contribution < 1.29 is 29.6 Å². The van der Waals surface area contributed by atoms with Crippen molar-refractivity contribution in [2.45, 2.75) is 37.3 Å². The average molecular weight is 405 g/mol. The van der Waals surface area contributed by atoms with Gasteiger partial charge in [-0.2, -0.15) is 0 Å². The summed E-state index contributed by atoms with van der Waals surface area (Å²) >= 11 is 0. The number of methoxy groups -OCH3 is 1. The Labute approximate surface area is 166 Å². The summed E-state index contributed by atoms with van der Waals surface area (Å²) in [5, 5.41) is 30.9. The number of imidazole rings is 1. The molecule has 156 valence electrons. The van der Waals surface area contributed by atoms with E-state index in [4.69, 9.17) is 20.0 Å². The van der Waals surface area contributed by atoms with Crippen LogP contribution in [0.25, 0.3) is 0 Å². The van der Waals surface area contributed by atoms with Gasteiger partial charge in [0.25, 0.3) is 0 Å². The highest BCUT2D eigenvalue weighted by molar-refractivity contribution is 5.64. The molecule has 29 heavy (non-hydrogen) atoms. The third-order valence-electron chi connectivity index (χ3n) is 4.95. The lowest BCUT2D eigenvalue weighted by Gasteiger charge is -2.28. The van der Waals surface area contributed by atoms with Gasteiger partial charge in [0.05, 0.1) is 20.0 Å². The zero-order valence-electron chi connectivity index (χ0n) is 15.7. The molecule has 1 fully saturated rings. The third kappa shape index (κ3) is 3.59. The van der Waals surface area contributed by atoms with Gasteiger partial charge in [-0.3, -0.25) is 9.40 Å². The van der Waals surface area contributed by atoms with Crippen LogP contribution in [-0.4, -0.2) is 68.3 Å². The second kappa shape index (κ2) is 8.06. The Morgan fingerprint density at radius 3 is 2.83 bits per heavy atom. The molecule has 0 radical (unpaired) electrons. The van der Waals surface area contributed by atoms with E-state index in [1.807, 2.05) is 24.3 Å². The maximum atomic E-state index is 10.2. The zero-order chi connectivity index (χ0) is 20.5. The Bertz CT molecular complexity index is 889. The number of aliphatic hydroxyl groups is 3. The smallest absolute Gasteiger partial charge is 0.165 e. The molecule has 11 heteroatoms. The van der Waals surface area contributed by atoms with Crippen LogP contribution >= 0.6 is 0 Å². The summed E-state index contributed by atoms with van der Waals surface area (Å²) in [5.41, 5.74) is 7.58. The Kier molecular flexibility index (Phi) is 5.50. The van der Waals surface area contributed by atoms with Crippen molar-refractivity contribution in [2.75, 3.05) is 13.7 Å². The topological polar surface area (TPSA) is 148 Å². The molecule has 3 heterocycles. The number of fused-ring (bicyclic) bond motifs is 1. The van der Waals surface area contributed by atoms with Crippen molar-refractivity contribution in [2.24, 2.45) is 10.7 Å². The van der Waals surface area contributed by atoms with E-state index in [-0.39, 0.29) is 6.61 Å². The fourth-order valence-electron chi connectivity index (χ4n) is 3.34. The molecule has 11 nitrogen and oxygen atoms in total. The van der Waals surface area contributed by atoms with Gasteiger partial charge in [-0.25, -0.2) is 15.0 Å². The first-order valence-corrected chi connectivity index (χ1v) is 9.06. The maximum absolute atomic E-state index is 10.2. The molecule has 2 aromatic rings. The summed E-state index contributed by atoms with van der Waals surface area (Å²) in [6.07, 6.45) is -2.16. The average Bonchev–Trinajstić information content (AvgIpc) is 3.29. The highest BCUT2D eigenvalue weighted by Gasteiger charge is 2.44. The number of hydrogen-bond donors (Lipinski definition) is 4. The van der Waals surface area contributed by atoms with Gasteiger partial charge in [0.15, 0.2) is 18.2 Å². The number of nitrogens with two attached hydrogens (primary N) is 1. The van der Waals surface area contributed by atoms with Crippen molar-refractivity contribution in [1.29, 1.82) is 0 Å². The molecule has 0 bridgehead atoms. The summed E-state index contributed by atoms with van der Waals surface area (Å²) in [6.45, 7) is -0.165. The number of aliphatic imine (C=N–C) groups is 1. The number of benzene rings is 1. The van der Waals surface area contributed by atoms with E-state index in [0.717, 1.165) is 11.3 Å². The van der Waals surface area contributed by atoms with Crippen LogP contribution in [0.4, 0.5) is 5.82 Å². The predicted octanol–water partition coefficient (Wildman–Crippen LogP) is -0.432. The normalized spacial score (nSPS) is 28.6. The molecule has 0 aliphatic carbocycles. The van der Waals surface area contributed by atoms with Crippen molar-refractivity contribution in [3.05, 3.63) is 41.9 Å². The number of aliphatic hydroxyl groups excluding tert-OH is 3. The third-order valence-corrected chi connectivity index (χ3v) is 4.95. The van der Waals surface area contributed by atoms with Crippen LogP contribution in [0.1, 0.15) is 23.7 Å².